The number of hydrogen-bond donors (Lipinski definition) is 2. The molecule has 0 atom stereocenters. The van der Waals surface area contributed by atoms with E-state index in [1.165, 1.54) is 24.3 Å². The summed E-state index contributed by atoms with van der Waals surface area (Å²) in [6.45, 7) is 1.84. The van der Waals surface area contributed by atoms with Crippen LogP contribution in [0.2, 0.25) is 0 Å². The number of anilines is 2. The SMILES string of the molecule is Cc1cccc(NC(=O)c2ccc(=O)n(CCC(=O)Nc3ccc(Br)cc3F)n2)c1. The molecular formula is C21H18BrFN4O3. The second-order valence-corrected chi connectivity index (χ2v) is 7.44. The summed E-state index contributed by atoms with van der Waals surface area (Å²) in [7, 11) is 0. The van der Waals surface area contributed by atoms with Crippen molar-refractivity contribution in [1.82, 2.24) is 9.78 Å². The van der Waals surface area contributed by atoms with E-state index in [-0.39, 0.29) is 24.3 Å². The normalized spacial score (nSPS) is 10.5. The van der Waals surface area contributed by atoms with Crippen LogP contribution >= 0.6 is 15.9 Å². The summed E-state index contributed by atoms with van der Waals surface area (Å²) in [5, 5.41) is 9.19. The highest BCUT2D eigenvalue weighted by Crippen LogP contribution is 2.19. The maximum absolute atomic E-state index is 13.8. The lowest BCUT2D eigenvalue weighted by atomic mass is 10.2. The van der Waals surface area contributed by atoms with Crippen molar-refractivity contribution in [2.75, 3.05) is 10.6 Å². The average Bonchev–Trinajstić information content (AvgIpc) is 2.69. The predicted octanol–water partition coefficient (Wildman–Crippen LogP) is 3.73. The van der Waals surface area contributed by atoms with Crippen molar-refractivity contribution in [2.24, 2.45) is 0 Å². The number of rotatable bonds is 6. The van der Waals surface area contributed by atoms with Gasteiger partial charge in [0.1, 0.15) is 11.5 Å². The van der Waals surface area contributed by atoms with Gasteiger partial charge in [-0.1, -0.05) is 28.1 Å². The first kappa shape index (κ1) is 21.4. The van der Waals surface area contributed by atoms with Gasteiger partial charge in [-0.05, 0) is 48.9 Å². The predicted molar refractivity (Wildman–Crippen MR) is 115 cm³/mol. The Morgan fingerprint density at radius 2 is 1.90 bits per heavy atom. The van der Waals surface area contributed by atoms with Crippen molar-refractivity contribution in [1.29, 1.82) is 0 Å². The number of carbonyl (C=O) groups is 2. The molecule has 2 N–H and O–H groups in total. The molecule has 0 saturated carbocycles. The van der Waals surface area contributed by atoms with E-state index in [0.29, 0.717) is 10.2 Å². The molecule has 1 aromatic heterocycles. The number of benzene rings is 2. The molecule has 3 rings (SSSR count). The molecule has 2 amide bonds. The largest absolute Gasteiger partial charge is 0.324 e. The van der Waals surface area contributed by atoms with Gasteiger partial charge in [0.2, 0.25) is 5.91 Å². The highest BCUT2D eigenvalue weighted by molar-refractivity contribution is 9.10. The molecule has 154 valence electrons. The maximum Gasteiger partial charge on any atom is 0.276 e. The van der Waals surface area contributed by atoms with Crippen molar-refractivity contribution in [3.63, 3.8) is 0 Å². The Bertz CT molecular complexity index is 1160. The van der Waals surface area contributed by atoms with Gasteiger partial charge in [-0.25, -0.2) is 9.07 Å². The van der Waals surface area contributed by atoms with Crippen molar-refractivity contribution in [3.8, 4) is 0 Å². The fourth-order valence-corrected chi connectivity index (χ4v) is 2.99. The molecule has 30 heavy (non-hydrogen) atoms. The number of amides is 2. The lowest BCUT2D eigenvalue weighted by Gasteiger charge is -2.09. The maximum atomic E-state index is 13.8. The number of halogens is 2. The van der Waals surface area contributed by atoms with Crippen LogP contribution in [0, 0.1) is 12.7 Å². The average molecular weight is 473 g/mol. The number of carbonyl (C=O) groups excluding carboxylic acids is 2. The minimum atomic E-state index is -0.581. The van der Waals surface area contributed by atoms with E-state index in [1.54, 1.807) is 18.2 Å². The minimum absolute atomic E-state index is 0.0368. The molecule has 0 unspecified atom stereocenters. The Hall–Kier alpha value is -3.33. The van der Waals surface area contributed by atoms with Gasteiger partial charge in [0, 0.05) is 22.6 Å². The molecule has 7 nitrogen and oxygen atoms in total. The Morgan fingerprint density at radius 3 is 2.63 bits per heavy atom. The van der Waals surface area contributed by atoms with E-state index >= 15 is 0 Å². The zero-order valence-electron chi connectivity index (χ0n) is 16.0. The van der Waals surface area contributed by atoms with E-state index in [4.69, 9.17) is 0 Å². The molecule has 0 saturated heterocycles. The number of nitrogens with one attached hydrogen (secondary N) is 2. The highest BCUT2D eigenvalue weighted by atomic mass is 79.9. The van der Waals surface area contributed by atoms with Crippen LogP contribution < -0.4 is 16.2 Å². The zero-order chi connectivity index (χ0) is 21.7. The third kappa shape index (κ3) is 5.60. The molecule has 0 bridgehead atoms. The van der Waals surface area contributed by atoms with Gasteiger partial charge in [0.25, 0.3) is 11.5 Å². The van der Waals surface area contributed by atoms with E-state index in [1.807, 2.05) is 19.1 Å². The molecular weight excluding hydrogens is 455 g/mol. The lowest BCUT2D eigenvalue weighted by molar-refractivity contribution is -0.116. The molecule has 2 aromatic carbocycles. The van der Waals surface area contributed by atoms with Crippen LogP contribution in [0.25, 0.3) is 0 Å². The first-order chi connectivity index (χ1) is 14.3. The van der Waals surface area contributed by atoms with Crippen LogP contribution in [-0.4, -0.2) is 21.6 Å². The summed E-state index contributed by atoms with van der Waals surface area (Å²) in [5.74, 6) is -1.54. The van der Waals surface area contributed by atoms with Crippen molar-refractivity contribution in [2.45, 2.75) is 19.9 Å². The van der Waals surface area contributed by atoms with Gasteiger partial charge >= 0.3 is 0 Å². The molecule has 3 aromatic rings. The summed E-state index contributed by atoms with van der Waals surface area (Å²) < 4.78 is 15.4. The van der Waals surface area contributed by atoms with Crippen LogP contribution in [0.4, 0.5) is 15.8 Å². The fraction of sp³-hybridized carbons (Fsp3) is 0.143. The standard InChI is InChI=1S/C21H18BrFN4O3/c1-13-3-2-4-15(11-13)24-21(30)18-7-8-20(29)27(26-18)10-9-19(28)25-17-6-5-14(22)12-16(17)23/h2-8,11-12H,9-10H2,1H3,(H,24,30)(H,25,28). The topological polar surface area (TPSA) is 93.1 Å². The molecule has 0 radical (unpaired) electrons. The van der Waals surface area contributed by atoms with E-state index < -0.39 is 23.2 Å². The van der Waals surface area contributed by atoms with Crippen LogP contribution in [0.3, 0.4) is 0 Å². The third-order valence-corrected chi connectivity index (χ3v) is 4.62. The molecule has 0 spiro atoms. The summed E-state index contributed by atoms with van der Waals surface area (Å²) in [6, 6.07) is 14.1. The van der Waals surface area contributed by atoms with Gasteiger partial charge in [-0.15, -0.1) is 0 Å². The smallest absolute Gasteiger partial charge is 0.276 e. The van der Waals surface area contributed by atoms with E-state index in [0.717, 1.165) is 10.2 Å². The summed E-state index contributed by atoms with van der Waals surface area (Å²) in [5.41, 5.74) is 1.21. The summed E-state index contributed by atoms with van der Waals surface area (Å²) >= 11 is 3.14. The second kappa shape index (κ2) is 9.45. The highest BCUT2D eigenvalue weighted by Gasteiger charge is 2.12. The molecule has 1 heterocycles. The van der Waals surface area contributed by atoms with E-state index in [9.17, 15) is 18.8 Å². The quantitative estimate of drug-likeness (QED) is 0.571. The summed E-state index contributed by atoms with van der Waals surface area (Å²) in [6.07, 6.45) is -0.120. The Labute approximate surface area is 180 Å². The van der Waals surface area contributed by atoms with Crippen molar-refractivity contribution in [3.05, 3.63) is 86.5 Å². The first-order valence-electron chi connectivity index (χ1n) is 9.03. The van der Waals surface area contributed by atoms with Gasteiger partial charge in [-0.3, -0.25) is 14.4 Å². The molecule has 0 aliphatic carbocycles. The third-order valence-electron chi connectivity index (χ3n) is 4.13. The van der Waals surface area contributed by atoms with Gasteiger partial charge in [0.05, 0.1) is 12.2 Å². The van der Waals surface area contributed by atoms with Gasteiger partial charge in [0.15, 0.2) is 0 Å². The van der Waals surface area contributed by atoms with Gasteiger partial charge in [-0.2, -0.15) is 5.10 Å². The number of aromatic nitrogens is 2. The Balaban J connectivity index is 1.65. The second-order valence-electron chi connectivity index (χ2n) is 6.53. The molecule has 0 fully saturated rings. The van der Waals surface area contributed by atoms with Crippen LogP contribution in [-0.2, 0) is 11.3 Å². The molecule has 0 aliphatic rings. The lowest BCUT2D eigenvalue weighted by Crippen LogP contribution is -2.28. The first-order valence-corrected chi connectivity index (χ1v) is 9.82. The van der Waals surface area contributed by atoms with Crippen LogP contribution in [0.15, 0.2) is 63.9 Å². The number of aryl methyl sites for hydroxylation is 2. The zero-order valence-corrected chi connectivity index (χ0v) is 17.6. The fourth-order valence-electron chi connectivity index (χ4n) is 2.66. The van der Waals surface area contributed by atoms with Crippen LogP contribution in [0.5, 0.6) is 0 Å². The summed E-state index contributed by atoms with van der Waals surface area (Å²) in [4.78, 5) is 36.6. The van der Waals surface area contributed by atoms with Crippen molar-refractivity contribution < 1.29 is 14.0 Å². The minimum Gasteiger partial charge on any atom is -0.324 e. The number of hydrogen-bond acceptors (Lipinski definition) is 4. The van der Waals surface area contributed by atoms with Gasteiger partial charge < -0.3 is 10.6 Å². The van der Waals surface area contributed by atoms with Crippen molar-refractivity contribution >= 4 is 39.1 Å². The van der Waals surface area contributed by atoms with Crippen LogP contribution in [0.1, 0.15) is 22.5 Å². The Kier molecular flexibility index (Phi) is 6.73. The Morgan fingerprint density at radius 1 is 1.10 bits per heavy atom. The van der Waals surface area contributed by atoms with E-state index in [2.05, 4.69) is 31.7 Å². The molecule has 0 aliphatic heterocycles. The monoisotopic (exact) mass is 472 g/mol. The molecule has 9 heteroatoms. The number of nitrogens with zero attached hydrogens (tertiary/aromatic N) is 2.